The predicted octanol–water partition coefficient (Wildman–Crippen LogP) is 0.0319. The van der Waals surface area contributed by atoms with Crippen LogP contribution >= 0.6 is 11.8 Å². The van der Waals surface area contributed by atoms with Crippen molar-refractivity contribution in [3.05, 3.63) is 0 Å². The second-order valence-corrected chi connectivity index (χ2v) is 5.02. The summed E-state index contributed by atoms with van der Waals surface area (Å²) in [4.78, 5) is 37.0. The number of nitrogens with one attached hydrogen (secondary N) is 1. The molecule has 0 aliphatic heterocycles. The monoisotopic (exact) mass is 295 g/mol. The molecule has 0 saturated carbocycles. The van der Waals surface area contributed by atoms with Crippen molar-refractivity contribution in [3.8, 4) is 0 Å². The number of hydrogen-bond donors (Lipinski definition) is 4. The second-order valence-electron chi connectivity index (χ2n) is 3.87. The van der Waals surface area contributed by atoms with E-state index in [4.69, 9.17) is 15.5 Å². The molecule has 0 spiro atoms. The van der Waals surface area contributed by atoms with Gasteiger partial charge >= 0.3 is 11.9 Å². The third kappa shape index (κ3) is 5.05. The van der Waals surface area contributed by atoms with Crippen molar-refractivity contribution < 1.29 is 34.7 Å². The molecule has 9 heteroatoms. The van der Waals surface area contributed by atoms with Crippen molar-refractivity contribution in [1.82, 2.24) is 5.32 Å². The van der Waals surface area contributed by atoms with E-state index < -0.39 is 29.5 Å². The highest BCUT2D eigenvalue weighted by Crippen LogP contribution is 2.11. The van der Waals surface area contributed by atoms with Gasteiger partial charge in [0.05, 0.1) is 0 Å². The number of aliphatic carboxylic acids is 2. The third-order valence-corrected chi connectivity index (χ3v) is 3.53. The Morgan fingerprint density at radius 1 is 1.37 bits per heavy atom. The first-order chi connectivity index (χ1) is 8.79. The van der Waals surface area contributed by atoms with Gasteiger partial charge in [-0.25, -0.2) is 14.5 Å². The van der Waals surface area contributed by atoms with E-state index in [1.165, 1.54) is 11.8 Å². The lowest BCUT2D eigenvalue weighted by Gasteiger charge is -2.22. The van der Waals surface area contributed by atoms with Gasteiger partial charge in [0, 0.05) is 5.75 Å². The Hall–Kier alpha value is -1.32. The summed E-state index contributed by atoms with van der Waals surface area (Å²) in [7, 11) is 0. The van der Waals surface area contributed by atoms with Crippen molar-refractivity contribution >= 4 is 29.6 Å². The molecule has 0 fully saturated rings. The molecular formula is C10H17NO7S. The summed E-state index contributed by atoms with van der Waals surface area (Å²) in [5.74, 6) is -3.44. The van der Waals surface area contributed by atoms with Crippen LogP contribution < -0.4 is 5.32 Å². The van der Waals surface area contributed by atoms with Crippen LogP contribution in [-0.2, 0) is 19.3 Å². The third-order valence-electron chi connectivity index (χ3n) is 2.26. The Morgan fingerprint density at radius 2 is 1.95 bits per heavy atom. The first-order valence-electron chi connectivity index (χ1n) is 5.47. The maximum atomic E-state index is 11.6. The van der Waals surface area contributed by atoms with Gasteiger partial charge in [-0.2, -0.15) is 11.8 Å². The summed E-state index contributed by atoms with van der Waals surface area (Å²) in [5, 5.41) is 28.2. The van der Waals surface area contributed by atoms with Gasteiger partial charge in [-0.3, -0.25) is 10.1 Å². The molecule has 0 heterocycles. The van der Waals surface area contributed by atoms with Gasteiger partial charge in [-0.1, -0.05) is 6.92 Å². The van der Waals surface area contributed by atoms with E-state index in [0.717, 1.165) is 13.3 Å². The van der Waals surface area contributed by atoms with E-state index in [9.17, 15) is 14.4 Å². The van der Waals surface area contributed by atoms with E-state index in [1.54, 1.807) is 0 Å². The fraction of sp³-hybridized carbons (Fsp3) is 0.700. The molecule has 0 aromatic rings. The molecule has 0 aromatic carbocycles. The number of carboxylic acid groups (broad SMARTS) is 2. The molecule has 19 heavy (non-hydrogen) atoms. The lowest BCUT2D eigenvalue weighted by Crippen LogP contribution is -2.56. The number of thioether (sulfide) groups is 1. The van der Waals surface area contributed by atoms with Crippen molar-refractivity contribution in [2.45, 2.75) is 31.9 Å². The zero-order valence-electron chi connectivity index (χ0n) is 10.6. The quantitative estimate of drug-likeness (QED) is 0.203. The summed E-state index contributed by atoms with van der Waals surface area (Å²) < 4.78 is 0. The van der Waals surface area contributed by atoms with E-state index in [0.29, 0.717) is 5.75 Å². The zero-order chi connectivity index (χ0) is 15.1. The van der Waals surface area contributed by atoms with Gasteiger partial charge < -0.3 is 15.5 Å². The number of carbonyl (C=O) groups excluding carboxylic acids is 1. The number of hydrogen-bond acceptors (Lipinski definition) is 6. The van der Waals surface area contributed by atoms with Crippen LogP contribution in [0.5, 0.6) is 0 Å². The van der Waals surface area contributed by atoms with Crippen LogP contribution in [0.15, 0.2) is 0 Å². The molecule has 0 aliphatic rings. The largest absolute Gasteiger partial charge is 0.480 e. The number of carbonyl (C=O) groups is 3. The van der Waals surface area contributed by atoms with E-state index in [1.807, 2.05) is 12.2 Å². The van der Waals surface area contributed by atoms with Crippen LogP contribution in [0.4, 0.5) is 0 Å². The van der Waals surface area contributed by atoms with Crippen LogP contribution in [0, 0.1) is 0 Å². The molecule has 0 aliphatic carbocycles. The Morgan fingerprint density at radius 3 is 2.32 bits per heavy atom. The Bertz CT molecular complexity index is 349. The summed E-state index contributed by atoms with van der Waals surface area (Å²) in [6, 6.07) is -1.25. The van der Waals surface area contributed by atoms with Gasteiger partial charge in [-0.15, -0.1) is 0 Å². The lowest BCUT2D eigenvalue weighted by atomic mass is 10.1. The Balaban J connectivity index is 4.71. The van der Waals surface area contributed by atoms with Crippen molar-refractivity contribution in [1.29, 1.82) is 0 Å². The van der Waals surface area contributed by atoms with E-state index in [2.05, 4.69) is 4.89 Å². The summed E-state index contributed by atoms with van der Waals surface area (Å²) in [5.41, 5.74) is -2.54. The molecule has 110 valence electrons. The molecule has 8 nitrogen and oxygen atoms in total. The average Bonchev–Trinajstić information content (AvgIpc) is 2.35. The van der Waals surface area contributed by atoms with Crippen LogP contribution in [0.3, 0.4) is 0 Å². The first-order valence-corrected chi connectivity index (χ1v) is 6.62. The van der Waals surface area contributed by atoms with Crippen molar-refractivity contribution in [2.75, 3.05) is 11.5 Å². The van der Waals surface area contributed by atoms with Crippen molar-refractivity contribution in [3.63, 3.8) is 0 Å². The fourth-order valence-corrected chi connectivity index (χ4v) is 1.91. The van der Waals surface area contributed by atoms with Gasteiger partial charge in [0.1, 0.15) is 6.04 Å². The summed E-state index contributed by atoms with van der Waals surface area (Å²) in [6.07, 6.45) is 0.845. The minimum Gasteiger partial charge on any atom is -0.480 e. The molecule has 0 bridgehead atoms. The smallest absolute Gasteiger partial charge is 0.349 e. The van der Waals surface area contributed by atoms with E-state index >= 15 is 0 Å². The van der Waals surface area contributed by atoms with Gasteiger partial charge in [-0.05, 0) is 19.1 Å². The van der Waals surface area contributed by atoms with Crippen LogP contribution in [-0.4, -0.2) is 56.5 Å². The highest BCUT2D eigenvalue weighted by Gasteiger charge is 2.45. The van der Waals surface area contributed by atoms with E-state index in [-0.39, 0.29) is 5.75 Å². The highest BCUT2D eigenvalue weighted by molar-refractivity contribution is 7.99. The molecule has 1 amide bonds. The fourth-order valence-electron chi connectivity index (χ4n) is 0.994. The molecule has 0 rings (SSSR count). The SMILES string of the molecule is CCCSCC(NC(=O)C(C)(OO)C(=O)O)C(=O)O. The highest BCUT2D eigenvalue weighted by atomic mass is 32.2. The first kappa shape index (κ1) is 17.7. The minimum absolute atomic E-state index is 0.0933. The number of rotatable bonds is 9. The zero-order valence-corrected chi connectivity index (χ0v) is 11.4. The van der Waals surface area contributed by atoms with Gasteiger partial charge in [0.15, 0.2) is 0 Å². The van der Waals surface area contributed by atoms with Crippen molar-refractivity contribution in [2.24, 2.45) is 0 Å². The molecule has 0 saturated heterocycles. The predicted molar refractivity (Wildman–Crippen MR) is 66.9 cm³/mol. The molecule has 0 aromatic heterocycles. The van der Waals surface area contributed by atoms with Gasteiger partial charge in [0.25, 0.3) is 11.5 Å². The standard InChI is InChI=1S/C10H17NO7S/c1-3-4-19-5-6(7(12)13)11-8(14)10(2,18-17)9(15)16/h6,17H,3-5H2,1-2H3,(H,11,14)(H,12,13)(H,15,16). The summed E-state index contributed by atoms with van der Waals surface area (Å²) in [6.45, 7) is 2.74. The maximum Gasteiger partial charge on any atom is 0.349 e. The molecule has 2 unspecified atom stereocenters. The topological polar surface area (TPSA) is 133 Å². The second kappa shape index (κ2) is 7.97. The van der Waals surface area contributed by atoms with Crippen LogP contribution in [0.2, 0.25) is 0 Å². The summed E-state index contributed by atoms with van der Waals surface area (Å²) >= 11 is 1.31. The van der Waals surface area contributed by atoms with Gasteiger partial charge in [0.2, 0.25) is 0 Å². The number of carboxylic acids is 2. The normalized spacial score (nSPS) is 15.3. The molecule has 4 N–H and O–H groups in total. The van der Waals surface area contributed by atoms with Crippen LogP contribution in [0.1, 0.15) is 20.3 Å². The average molecular weight is 295 g/mol. The Labute approximate surface area is 114 Å². The molecular weight excluding hydrogens is 278 g/mol. The Kier molecular flexibility index (Phi) is 7.42. The number of amides is 1. The molecule has 0 radical (unpaired) electrons. The molecule has 2 atom stereocenters. The maximum absolute atomic E-state index is 11.6. The lowest BCUT2D eigenvalue weighted by molar-refractivity contribution is -0.302. The van der Waals surface area contributed by atoms with Crippen LogP contribution in [0.25, 0.3) is 0 Å². The minimum atomic E-state index is -2.54.